The molecule has 1 unspecified atom stereocenters. The van der Waals surface area contributed by atoms with Crippen LogP contribution in [-0.4, -0.2) is 4.98 Å². The van der Waals surface area contributed by atoms with E-state index in [9.17, 15) is 0 Å². The lowest BCUT2D eigenvalue weighted by Gasteiger charge is -2.35. The van der Waals surface area contributed by atoms with Crippen molar-refractivity contribution in [3.8, 4) is 33.4 Å². The van der Waals surface area contributed by atoms with Gasteiger partial charge in [0.2, 0.25) is 0 Å². The van der Waals surface area contributed by atoms with Gasteiger partial charge in [0.25, 0.3) is 0 Å². The van der Waals surface area contributed by atoms with E-state index >= 15 is 0 Å². The lowest BCUT2D eigenvalue weighted by atomic mass is 9.66. The van der Waals surface area contributed by atoms with Crippen molar-refractivity contribution >= 4 is 31.6 Å². The van der Waals surface area contributed by atoms with Gasteiger partial charge in [-0.3, -0.25) is 4.98 Å². The van der Waals surface area contributed by atoms with Gasteiger partial charge in [0.15, 0.2) is 0 Å². The van der Waals surface area contributed by atoms with E-state index in [0.717, 1.165) is 18.4 Å². The third-order valence-corrected chi connectivity index (χ3v) is 10.9. The minimum atomic E-state index is -0.360. The van der Waals surface area contributed by atoms with E-state index in [1.807, 2.05) is 17.5 Å². The fourth-order valence-corrected chi connectivity index (χ4v) is 9.06. The largest absolute Gasteiger partial charge is 0.255 e. The first kappa shape index (κ1) is 26.4. The van der Waals surface area contributed by atoms with Crippen LogP contribution in [0, 0.1) is 6.92 Å². The predicted octanol–water partition coefficient (Wildman–Crippen LogP) is 11.7. The zero-order valence-electron chi connectivity index (χ0n) is 25.1. The standard InChI is InChI=1S/C43H31NS/c1-28-25-29(27-30(26-28)34-23-24-44-41-36-18-9-11-22-39(36)45-42(34)41)33-19-12-21-38-40(33)35-17-8-10-20-37(35)43(38,31-13-4-2-5-14-31)32-15-6-3-7-16-32/h2,4-6,8-27H,3,7H2,1H3. The van der Waals surface area contributed by atoms with Crippen molar-refractivity contribution < 1.29 is 0 Å². The maximum atomic E-state index is 4.82. The predicted molar refractivity (Wildman–Crippen MR) is 191 cm³/mol. The van der Waals surface area contributed by atoms with E-state index in [1.54, 1.807) is 0 Å². The highest BCUT2D eigenvalue weighted by molar-refractivity contribution is 7.26. The van der Waals surface area contributed by atoms with Crippen LogP contribution in [0.2, 0.25) is 0 Å². The van der Waals surface area contributed by atoms with Crippen LogP contribution in [-0.2, 0) is 5.41 Å². The van der Waals surface area contributed by atoms with Gasteiger partial charge in [0.05, 0.1) is 15.6 Å². The summed E-state index contributed by atoms with van der Waals surface area (Å²) < 4.78 is 2.53. The normalized spacial score (nSPS) is 17.0. The number of thiophene rings is 1. The molecule has 1 atom stereocenters. The average Bonchev–Trinajstić information content (AvgIpc) is 3.63. The molecule has 0 bridgehead atoms. The van der Waals surface area contributed by atoms with Crippen LogP contribution in [0.3, 0.4) is 0 Å². The first-order chi connectivity index (χ1) is 22.2. The minimum Gasteiger partial charge on any atom is -0.255 e. The summed E-state index contributed by atoms with van der Waals surface area (Å²) in [4.78, 5) is 4.82. The SMILES string of the molecule is Cc1cc(-c2cccc3c2-c2ccccc2C3(C2=CCCC=C2)c2ccccc2)cc(-c2ccnc3c2sc2ccccc23)c1. The molecule has 45 heavy (non-hydrogen) atoms. The topological polar surface area (TPSA) is 12.9 Å². The molecule has 0 N–H and O–H groups in total. The zero-order valence-corrected chi connectivity index (χ0v) is 25.9. The van der Waals surface area contributed by atoms with E-state index in [2.05, 4.69) is 146 Å². The lowest BCUT2D eigenvalue weighted by Crippen LogP contribution is -2.29. The molecule has 2 aliphatic carbocycles. The molecule has 2 heterocycles. The summed E-state index contributed by atoms with van der Waals surface area (Å²) in [5.74, 6) is 0. The molecule has 0 amide bonds. The molecule has 1 nitrogen and oxygen atoms in total. The molecule has 0 fully saturated rings. The van der Waals surface area contributed by atoms with Crippen LogP contribution in [0.15, 0.2) is 151 Å². The average molecular weight is 594 g/mol. The Kier molecular flexibility index (Phi) is 6.01. The Balaban J connectivity index is 1.31. The van der Waals surface area contributed by atoms with Gasteiger partial charge in [-0.15, -0.1) is 11.3 Å². The van der Waals surface area contributed by atoms with Gasteiger partial charge in [0, 0.05) is 21.8 Å². The highest BCUT2D eigenvalue weighted by atomic mass is 32.1. The van der Waals surface area contributed by atoms with Gasteiger partial charge in [-0.05, 0) is 93.6 Å². The van der Waals surface area contributed by atoms with E-state index in [0.29, 0.717) is 0 Å². The van der Waals surface area contributed by atoms with Gasteiger partial charge < -0.3 is 0 Å². The number of aromatic nitrogens is 1. The Labute approximate surface area is 267 Å². The maximum Gasteiger partial charge on any atom is 0.0894 e. The molecule has 5 aromatic carbocycles. The first-order valence-corrected chi connectivity index (χ1v) is 16.6. The third kappa shape index (κ3) is 3.89. The van der Waals surface area contributed by atoms with Crippen molar-refractivity contribution in [3.05, 3.63) is 174 Å². The van der Waals surface area contributed by atoms with E-state index in [1.165, 1.54) is 76.0 Å². The highest BCUT2D eigenvalue weighted by Crippen LogP contribution is 2.59. The summed E-state index contributed by atoms with van der Waals surface area (Å²) in [7, 11) is 0. The Morgan fingerprint density at radius 2 is 1.42 bits per heavy atom. The molecule has 214 valence electrons. The van der Waals surface area contributed by atoms with Crippen LogP contribution in [0.1, 0.15) is 35.1 Å². The maximum absolute atomic E-state index is 4.82. The molecule has 7 aromatic rings. The Hall–Kier alpha value is -5.05. The Bertz CT molecular complexity index is 2340. The minimum absolute atomic E-state index is 0.360. The summed E-state index contributed by atoms with van der Waals surface area (Å²) in [5.41, 5.74) is 15.1. The Morgan fingerprint density at radius 3 is 2.29 bits per heavy atom. The van der Waals surface area contributed by atoms with Gasteiger partial charge >= 0.3 is 0 Å². The quantitative estimate of drug-likeness (QED) is 0.198. The molecular formula is C43H31NS. The van der Waals surface area contributed by atoms with Crippen LogP contribution in [0.4, 0.5) is 0 Å². The number of rotatable bonds is 4. The molecular weight excluding hydrogens is 563 g/mol. The van der Waals surface area contributed by atoms with Crippen LogP contribution in [0.25, 0.3) is 53.7 Å². The number of allylic oxidation sites excluding steroid dienone is 4. The van der Waals surface area contributed by atoms with Crippen molar-refractivity contribution in [3.63, 3.8) is 0 Å². The molecule has 0 saturated heterocycles. The number of pyridine rings is 1. The third-order valence-electron chi connectivity index (χ3n) is 9.66. The monoisotopic (exact) mass is 593 g/mol. The highest BCUT2D eigenvalue weighted by Gasteiger charge is 2.47. The second-order valence-corrected chi connectivity index (χ2v) is 13.3. The van der Waals surface area contributed by atoms with Crippen molar-refractivity contribution in [1.82, 2.24) is 4.98 Å². The molecule has 0 aliphatic heterocycles. The summed E-state index contributed by atoms with van der Waals surface area (Å²) in [6.45, 7) is 2.22. The van der Waals surface area contributed by atoms with Crippen molar-refractivity contribution in [2.45, 2.75) is 25.2 Å². The van der Waals surface area contributed by atoms with Gasteiger partial charge in [-0.2, -0.15) is 0 Å². The first-order valence-electron chi connectivity index (χ1n) is 15.8. The van der Waals surface area contributed by atoms with Gasteiger partial charge in [-0.1, -0.05) is 121 Å². The number of nitrogens with zero attached hydrogens (tertiary/aromatic N) is 1. The number of benzene rings is 5. The molecule has 0 spiro atoms. The van der Waals surface area contributed by atoms with Crippen molar-refractivity contribution in [2.24, 2.45) is 0 Å². The number of aryl methyl sites for hydroxylation is 1. The number of hydrogen-bond acceptors (Lipinski definition) is 2. The molecule has 2 heteroatoms. The molecule has 0 saturated carbocycles. The smallest absolute Gasteiger partial charge is 0.0894 e. The Morgan fingerprint density at radius 1 is 0.667 bits per heavy atom. The molecule has 9 rings (SSSR count). The second-order valence-electron chi connectivity index (χ2n) is 12.3. The molecule has 2 aromatic heterocycles. The zero-order chi connectivity index (χ0) is 30.0. The fourth-order valence-electron chi connectivity index (χ4n) is 7.86. The number of hydrogen-bond donors (Lipinski definition) is 0. The van der Waals surface area contributed by atoms with E-state index < -0.39 is 0 Å². The fraction of sp³-hybridized carbons (Fsp3) is 0.0930. The van der Waals surface area contributed by atoms with Gasteiger partial charge in [0.1, 0.15) is 0 Å². The summed E-state index contributed by atoms with van der Waals surface area (Å²) in [6.07, 6.45) is 11.3. The van der Waals surface area contributed by atoms with E-state index in [-0.39, 0.29) is 5.41 Å². The van der Waals surface area contributed by atoms with Crippen LogP contribution >= 0.6 is 11.3 Å². The van der Waals surface area contributed by atoms with E-state index in [4.69, 9.17) is 4.98 Å². The summed E-state index contributed by atoms with van der Waals surface area (Å²) in [6, 6.07) is 45.0. The van der Waals surface area contributed by atoms with Crippen molar-refractivity contribution in [2.75, 3.05) is 0 Å². The van der Waals surface area contributed by atoms with Crippen molar-refractivity contribution in [1.29, 1.82) is 0 Å². The van der Waals surface area contributed by atoms with Crippen LogP contribution < -0.4 is 0 Å². The summed E-state index contributed by atoms with van der Waals surface area (Å²) >= 11 is 1.84. The lowest BCUT2D eigenvalue weighted by molar-refractivity contribution is 0.751. The summed E-state index contributed by atoms with van der Waals surface area (Å²) in [5, 5.41) is 1.23. The van der Waals surface area contributed by atoms with Gasteiger partial charge in [-0.25, -0.2) is 0 Å². The molecule has 2 aliphatic rings. The second kappa shape index (κ2) is 10.3. The van der Waals surface area contributed by atoms with Crippen LogP contribution in [0.5, 0.6) is 0 Å². The molecule has 0 radical (unpaired) electrons. The number of fused-ring (bicyclic) bond motifs is 6.